The molecule has 0 heterocycles. The molecule has 0 fully saturated rings. The van der Waals surface area contributed by atoms with Gasteiger partial charge in [0.25, 0.3) is 0 Å². The van der Waals surface area contributed by atoms with Crippen LogP contribution in [-0.2, 0) is 28.7 Å². The molecule has 0 spiro atoms. The maximum atomic E-state index is 12.0. The van der Waals surface area contributed by atoms with Gasteiger partial charge in [0.15, 0.2) is 0 Å². The van der Waals surface area contributed by atoms with Crippen molar-refractivity contribution >= 4 is 23.9 Å². The van der Waals surface area contributed by atoms with Crippen LogP contribution < -0.4 is 64.8 Å². The molecule has 9 heteroatoms. The average molecular weight is 560 g/mol. The number of ether oxygens (including phenoxy) is 2. The molecule has 2 N–H and O–H groups in total. The molecule has 0 aliphatic rings. The minimum Gasteiger partial charge on any atom is -1.00 e. The van der Waals surface area contributed by atoms with Gasteiger partial charge in [-0.3, -0.25) is 14.4 Å². The number of rotatable bonds is 24. The standard InChI is InChI=1S/C29H53NO6.2Na.2H/c1-3-5-7-9-11-13-15-17-19-21-26(31)35-28(33)24-23-25(30)29(34)36-27(32)22-20-18-16-14-12-10-8-6-4-2;;;;/h25H,3-24,30H2,1-2H3;;;;/q;2*+1;2*-1/t25-;;;;/m0..../s1. The zero-order valence-electron chi connectivity index (χ0n) is 27.2. The summed E-state index contributed by atoms with van der Waals surface area (Å²) in [6.45, 7) is 4.40. The average Bonchev–Trinajstić information content (AvgIpc) is 2.85. The predicted molar refractivity (Wildman–Crippen MR) is 145 cm³/mol. The van der Waals surface area contributed by atoms with Crippen LogP contribution in [0.4, 0.5) is 0 Å². The van der Waals surface area contributed by atoms with E-state index in [1.807, 2.05) is 0 Å². The first kappa shape index (κ1) is 42.7. The first-order valence-corrected chi connectivity index (χ1v) is 14.6. The largest absolute Gasteiger partial charge is 1.00 e. The third-order valence-electron chi connectivity index (χ3n) is 6.37. The van der Waals surface area contributed by atoms with E-state index in [-0.39, 0.29) is 87.7 Å². The van der Waals surface area contributed by atoms with Crippen molar-refractivity contribution in [3.8, 4) is 0 Å². The summed E-state index contributed by atoms with van der Waals surface area (Å²) < 4.78 is 9.58. The van der Waals surface area contributed by atoms with E-state index in [9.17, 15) is 19.2 Å². The predicted octanol–water partition coefficient (Wildman–Crippen LogP) is 1.31. The fourth-order valence-electron chi connectivity index (χ4n) is 4.02. The Morgan fingerprint density at radius 2 is 0.842 bits per heavy atom. The van der Waals surface area contributed by atoms with Crippen LogP contribution in [0.2, 0.25) is 0 Å². The number of unbranched alkanes of at least 4 members (excludes halogenated alkanes) is 16. The van der Waals surface area contributed by atoms with Crippen molar-refractivity contribution in [2.75, 3.05) is 0 Å². The first-order chi connectivity index (χ1) is 17.4. The maximum Gasteiger partial charge on any atom is 1.00 e. The Hall–Kier alpha value is 0.240. The summed E-state index contributed by atoms with van der Waals surface area (Å²) in [6.07, 6.45) is 20.6. The Balaban J connectivity index is -0.00000102. The molecule has 0 radical (unpaired) electrons. The van der Waals surface area contributed by atoms with E-state index < -0.39 is 29.9 Å². The van der Waals surface area contributed by atoms with Gasteiger partial charge in [0.05, 0.1) is 0 Å². The number of hydrogen-bond donors (Lipinski definition) is 1. The van der Waals surface area contributed by atoms with Gasteiger partial charge < -0.3 is 18.1 Å². The SMILES string of the molecule is CCCCCCCCCCCC(=O)OC(=O)CC[C@H](N)C(=O)OC(=O)CCCCCCCCCCC.[H-].[H-].[Na+].[Na+]. The Labute approximate surface area is 279 Å². The molecule has 0 bridgehead atoms. The molecule has 0 rings (SSSR count). The fraction of sp³-hybridized carbons (Fsp3) is 0.862. The van der Waals surface area contributed by atoms with E-state index in [2.05, 4.69) is 13.8 Å². The zero-order chi connectivity index (χ0) is 26.9. The molecule has 0 aromatic carbocycles. The van der Waals surface area contributed by atoms with Gasteiger partial charge in [-0.1, -0.05) is 117 Å². The normalized spacial score (nSPS) is 11.1. The third-order valence-corrected chi connectivity index (χ3v) is 6.37. The summed E-state index contributed by atoms with van der Waals surface area (Å²) in [7, 11) is 0. The molecule has 0 amide bonds. The molecule has 0 aliphatic heterocycles. The van der Waals surface area contributed by atoms with Gasteiger partial charge in [-0.15, -0.1) is 0 Å². The van der Waals surface area contributed by atoms with E-state index >= 15 is 0 Å². The molecule has 0 saturated carbocycles. The van der Waals surface area contributed by atoms with Gasteiger partial charge in [-0.05, 0) is 19.3 Å². The second-order valence-corrected chi connectivity index (χ2v) is 9.94. The topological polar surface area (TPSA) is 113 Å². The summed E-state index contributed by atoms with van der Waals surface area (Å²) in [6, 6.07) is -1.10. The molecule has 214 valence electrons. The smallest absolute Gasteiger partial charge is 1.00 e. The second kappa shape index (κ2) is 31.8. The Bertz CT molecular complexity index is 615. The molecular formula is C29H55NNa2O6. The second-order valence-electron chi connectivity index (χ2n) is 9.94. The minimum absolute atomic E-state index is 0. The van der Waals surface area contributed by atoms with Crippen molar-refractivity contribution in [2.24, 2.45) is 5.73 Å². The maximum absolute atomic E-state index is 12.0. The van der Waals surface area contributed by atoms with Crippen LogP contribution in [0.5, 0.6) is 0 Å². The Kier molecular flexibility index (Phi) is 35.7. The van der Waals surface area contributed by atoms with Gasteiger partial charge in [0, 0.05) is 19.3 Å². The summed E-state index contributed by atoms with van der Waals surface area (Å²) in [5.41, 5.74) is 5.73. The minimum atomic E-state index is -1.10. The quantitative estimate of drug-likeness (QED) is 0.0821. The number of nitrogens with two attached hydrogens (primary N) is 1. The molecule has 0 aliphatic carbocycles. The van der Waals surface area contributed by atoms with Crippen LogP contribution >= 0.6 is 0 Å². The Morgan fingerprint density at radius 3 is 1.24 bits per heavy atom. The van der Waals surface area contributed by atoms with Crippen LogP contribution in [0.3, 0.4) is 0 Å². The summed E-state index contributed by atoms with van der Waals surface area (Å²) in [4.78, 5) is 47.4. The number of esters is 4. The summed E-state index contributed by atoms with van der Waals surface area (Å²) in [5, 5.41) is 0. The van der Waals surface area contributed by atoms with Crippen LogP contribution in [0.25, 0.3) is 0 Å². The van der Waals surface area contributed by atoms with Crippen LogP contribution in [0.1, 0.15) is 158 Å². The van der Waals surface area contributed by atoms with Crippen molar-refractivity contribution < 1.29 is 90.6 Å². The van der Waals surface area contributed by atoms with Crippen LogP contribution in [0.15, 0.2) is 0 Å². The number of hydrogen-bond acceptors (Lipinski definition) is 7. The zero-order valence-corrected chi connectivity index (χ0v) is 29.2. The molecule has 38 heavy (non-hydrogen) atoms. The van der Waals surface area contributed by atoms with Crippen LogP contribution in [-0.4, -0.2) is 29.9 Å². The Morgan fingerprint density at radius 1 is 0.526 bits per heavy atom. The van der Waals surface area contributed by atoms with Gasteiger partial charge in [-0.2, -0.15) is 0 Å². The molecule has 0 saturated heterocycles. The molecule has 0 unspecified atom stereocenters. The third kappa shape index (κ3) is 29.2. The fourth-order valence-corrected chi connectivity index (χ4v) is 4.02. The summed E-state index contributed by atoms with van der Waals surface area (Å²) >= 11 is 0. The van der Waals surface area contributed by atoms with Crippen molar-refractivity contribution in [1.82, 2.24) is 0 Å². The van der Waals surface area contributed by atoms with Gasteiger partial charge in [0.2, 0.25) is 0 Å². The molecule has 1 atom stereocenters. The van der Waals surface area contributed by atoms with Crippen molar-refractivity contribution in [2.45, 2.75) is 161 Å². The number of carbonyl (C=O) groups is 4. The monoisotopic (exact) mass is 559 g/mol. The van der Waals surface area contributed by atoms with Gasteiger partial charge >= 0.3 is 83.0 Å². The molecule has 0 aromatic rings. The molecule has 7 nitrogen and oxygen atoms in total. The van der Waals surface area contributed by atoms with Gasteiger partial charge in [-0.25, -0.2) is 4.79 Å². The first-order valence-electron chi connectivity index (χ1n) is 14.6. The van der Waals surface area contributed by atoms with E-state index in [0.717, 1.165) is 25.7 Å². The van der Waals surface area contributed by atoms with E-state index in [4.69, 9.17) is 15.2 Å². The van der Waals surface area contributed by atoms with E-state index in [1.54, 1.807) is 0 Å². The number of carbonyl (C=O) groups excluding carboxylic acids is 4. The van der Waals surface area contributed by atoms with Crippen molar-refractivity contribution in [3.05, 3.63) is 0 Å². The molecule has 0 aromatic heterocycles. The van der Waals surface area contributed by atoms with E-state index in [1.165, 1.54) is 77.0 Å². The van der Waals surface area contributed by atoms with E-state index in [0.29, 0.717) is 12.8 Å². The van der Waals surface area contributed by atoms with Crippen molar-refractivity contribution in [3.63, 3.8) is 0 Å². The van der Waals surface area contributed by atoms with Gasteiger partial charge in [0.1, 0.15) is 6.04 Å². The van der Waals surface area contributed by atoms with Crippen LogP contribution in [0, 0.1) is 0 Å². The van der Waals surface area contributed by atoms with Crippen molar-refractivity contribution in [1.29, 1.82) is 0 Å². The molecular weight excluding hydrogens is 504 g/mol. The summed E-state index contributed by atoms with van der Waals surface area (Å²) in [5.74, 6) is -2.68.